The number of fused-ring (bicyclic) bond motifs is 1. The monoisotopic (exact) mass is 270 g/mol. The third-order valence-corrected chi connectivity index (χ3v) is 3.11. The molecule has 0 saturated heterocycles. The minimum Gasteiger partial charge on any atom is -0.345 e. The molecule has 0 atom stereocenters. The van der Waals surface area contributed by atoms with E-state index in [2.05, 4.69) is 44.4 Å². The number of nitrogens with one attached hydrogen (secondary N) is 2. The highest BCUT2D eigenvalue weighted by Crippen LogP contribution is 2.21. The summed E-state index contributed by atoms with van der Waals surface area (Å²) in [6, 6.07) is 7.97. The molecule has 20 heavy (non-hydrogen) atoms. The molecule has 0 aliphatic rings. The molecule has 7 nitrogen and oxygen atoms in total. The summed E-state index contributed by atoms with van der Waals surface area (Å²) >= 11 is 0. The van der Waals surface area contributed by atoms with Crippen LogP contribution in [-0.2, 0) is 0 Å². The number of aromatic amines is 1. The number of nitrogens with zero attached hydrogens (tertiary/aromatic N) is 4. The highest BCUT2D eigenvalue weighted by molar-refractivity contribution is 6.05. The maximum absolute atomic E-state index is 12.1. The molecular weight excluding hydrogens is 256 g/mol. The lowest BCUT2D eigenvalue weighted by Crippen LogP contribution is -2.13. The summed E-state index contributed by atoms with van der Waals surface area (Å²) in [5.74, 6) is -0.0968. The van der Waals surface area contributed by atoms with Gasteiger partial charge in [0.15, 0.2) is 0 Å². The first-order chi connectivity index (χ1) is 9.65. The van der Waals surface area contributed by atoms with Crippen LogP contribution in [0.5, 0.6) is 0 Å². The number of amides is 1. The van der Waals surface area contributed by atoms with Gasteiger partial charge >= 0.3 is 0 Å². The van der Waals surface area contributed by atoms with Gasteiger partial charge in [0.2, 0.25) is 0 Å². The number of anilines is 1. The molecule has 0 saturated carbocycles. The van der Waals surface area contributed by atoms with Crippen molar-refractivity contribution in [3.8, 4) is 0 Å². The zero-order chi connectivity index (χ0) is 14.1. The van der Waals surface area contributed by atoms with Crippen LogP contribution in [0, 0.1) is 0 Å². The van der Waals surface area contributed by atoms with E-state index < -0.39 is 0 Å². The fourth-order valence-electron chi connectivity index (χ4n) is 2.14. The first kappa shape index (κ1) is 12.3. The van der Waals surface area contributed by atoms with Crippen molar-refractivity contribution in [3.05, 3.63) is 36.0 Å². The number of hydrogen-bond acceptors (Lipinski definition) is 4. The third-order valence-electron chi connectivity index (χ3n) is 3.11. The molecule has 7 heteroatoms. The summed E-state index contributed by atoms with van der Waals surface area (Å²) in [6.45, 7) is 4.24. The van der Waals surface area contributed by atoms with Crippen LogP contribution >= 0.6 is 0 Å². The number of rotatable bonds is 3. The second-order valence-corrected chi connectivity index (χ2v) is 4.78. The molecule has 1 amide bonds. The molecule has 0 radical (unpaired) electrons. The molecule has 2 N–H and O–H groups in total. The Bertz CT molecular complexity index is 743. The van der Waals surface area contributed by atoms with E-state index >= 15 is 0 Å². The van der Waals surface area contributed by atoms with Crippen molar-refractivity contribution in [1.29, 1.82) is 0 Å². The van der Waals surface area contributed by atoms with Gasteiger partial charge in [-0.15, -0.1) is 5.10 Å². The maximum Gasteiger partial charge on any atom is 0.270 e. The molecule has 102 valence electrons. The van der Waals surface area contributed by atoms with Gasteiger partial charge in [0.1, 0.15) is 0 Å². The van der Waals surface area contributed by atoms with Crippen molar-refractivity contribution >= 4 is 22.8 Å². The van der Waals surface area contributed by atoms with Crippen LogP contribution in [-0.4, -0.2) is 31.1 Å². The molecule has 0 unspecified atom stereocenters. The van der Waals surface area contributed by atoms with E-state index in [1.54, 1.807) is 6.07 Å². The van der Waals surface area contributed by atoms with E-state index in [4.69, 9.17) is 0 Å². The Labute approximate surface area is 115 Å². The standard InChI is InChI=1S/C13H14N6O/c1-8(2)19-6-5-9-7-10(3-4-11(9)19)12(20)14-13-15-17-18-16-13/h3-8H,1-2H3,(H2,14,15,16,17,18,20). The summed E-state index contributed by atoms with van der Waals surface area (Å²) in [4.78, 5) is 12.1. The average Bonchev–Trinajstić information content (AvgIpc) is 3.06. The molecule has 0 aliphatic carbocycles. The smallest absolute Gasteiger partial charge is 0.270 e. The van der Waals surface area contributed by atoms with Gasteiger partial charge in [-0.3, -0.25) is 10.1 Å². The Balaban J connectivity index is 1.91. The normalized spacial score (nSPS) is 11.2. The Morgan fingerprint density at radius 3 is 2.90 bits per heavy atom. The Morgan fingerprint density at radius 1 is 1.35 bits per heavy atom. The van der Waals surface area contributed by atoms with Crippen molar-refractivity contribution in [1.82, 2.24) is 25.2 Å². The SMILES string of the molecule is CC(C)n1ccc2cc(C(=O)Nc3nn[nH]n3)ccc21. The van der Waals surface area contributed by atoms with Crippen LogP contribution < -0.4 is 5.32 Å². The van der Waals surface area contributed by atoms with E-state index in [1.165, 1.54) is 0 Å². The fourth-order valence-corrected chi connectivity index (χ4v) is 2.14. The summed E-state index contributed by atoms with van der Waals surface area (Å²) < 4.78 is 2.16. The van der Waals surface area contributed by atoms with Crippen molar-refractivity contribution in [2.24, 2.45) is 0 Å². The largest absolute Gasteiger partial charge is 0.345 e. The van der Waals surface area contributed by atoms with Crippen LogP contribution in [0.25, 0.3) is 10.9 Å². The molecule has 3 rings (SSSR count). The van der Waals surface area contributed by atoms with Crippen molar-refractivity contribution < 1.29 is 4.79 Å². The molecular formula is C13H14N6O. The average molecular weight is 270 g/mol. The molecule has 0 aliphatic heterocycles. The number of H-pyrrole nitrogens is 1. The van der Waals surface area contributed by atoms with Crippen molar-refractivity contribution in [3.63, 3.8) is 0 Å². The highest BCUT2D eigenvalue weighted by atomic mass is 16.1. The van der Waals surface area contributed by atoms with E-state index in [9.17, 15) is 4.79 Å². The number of carbonyl (C=O) groups excluding carboxylic acids is 1. The molecule has 1 aromatic carbocycles. The quantitative estimate of drug-likeness (QED) is 0.761. The summed E-state index contributed by atoms with van der Waals surface area (Å²) in [5.41, 5.74) is 1.67. The van der Waals surface area contributed by atoms with Gasteiger partial charge < -0.3 is 4.57 Å². The van der Waals surface area contributed by atoms with Gasteiger partial charge in [-0.1, -0.05) is 5.10 Å². The molecule has 0 bridgehead atoms. The summed E-state index contributed by atoms with van der Waals surface area (Å²) in [6.07, 6.45) is 2.02. The zero-order valence-corrected chi connectivity index (χ0v) is 11.2. The number of carbonyl (C=O) groups is 1. The Kier molecular flexibility index (Phi) is 2.94. The predicted octanol–water partition coefficient (Wildman–Crippen LogP) is 1.99. The van der Waals surface area contributed by atoms with Crippen LogP contribution in [0.4, 0.5) is 5.95 Å². The van der Waals surface area contributed by atoms with Gasteiger partial charge in [0, 0.05) is 28.7 Å². The lowest BCUT2D eigenvalue weighted by Gasteiger charge is -2.09. The maximum atomic E-state index is 12.1. The highest BCUT2D eigenvalue weighted by Gasteiger charge is 2.11. The lowest BCUT2D eigenvalue weighted by atomic mass is 10.1. The minimum atomic E-state index is -0.259. The zero-order valence-electron chi connectivity index (χ0n) is 11.2. The van der Waals surface area contributed by atoms with Crippen LogP contribution in [0.3, 0.4) is 0 Å². The van der Waals surface area contributed by atoms with E-state index in [0.29, 0.717) is 11.6 Å². The first-order valence-corrected chi connectivity index (χ1v) is 6.30. The molecule has 2 heterocycles. The van der Waals surface area contributed by atoms with Gasteiger partial charge in [-0.2, -0.15) is 5.21 Å². The third kappa shape index (κ3) is 2.13. The lowest BCUT2D eigenvalue weighted by molar-refractivity contribution is 0.102. The van der Waals surface area contributed by atoms with Gasteiger partial charge in [-0.05, 0) is 43.3 Å². The van der Waals surface area contributed by atoms with E-state index in [-0.39, 0.29) is 11.9 Å². The van der Waals surface area contributed by atoms with Crippen LogP contribution in [0.15, 0.2) is 30.5 Å². The van der Waals surface area contributed by atoms with Gasteiger partial charge in [0.05, 0.1) is 0 Å². The van der Waals surface area contributed by atoms with E-state index in [1.807, 2.05) is 24.4 Å². The second kappa shape index (κ2) is 4.76. The first-order valence-electron chi connectivity index (χ1n) is 6.30. The number of aromatic nitrogens is 5. The van der Waals surface area contributed by atoms with Gasteiger partial charge in [0.25, 0.3) is 11.9 Å². The van der Waals surface area contributed by atoms with Crippen molar-refractivity contribution in [2.75, 3.05) is 5.32 Å². The second-order valence-electron chi connectivity index (χ2n) is 4.78. The predicted molar refractivity (Wildman–Crippen MR) is 74.5 cm³/mol. The summed E-state index contributed by atoms with van der Waals surface area (Å²) in [7, 11) is 0. The Morgan fingerprint density at radius 2 is 2.20 bits per heavy atom. The number of tetrazole rings is 1. The minimum absolute atomic E-state index is 0.162. The molecule has 0 fully saturated rings. The topological polar surface area (TPSA) is 88.5 Å². The van der Waals surface area contributed by atoms with Crippen LogP contribution in [0.2, 0.25) is 0 Å². The van der Waals surface area contributed by atoms with Crippen LogP contribution in [0.1, 0.15) is 30.2 Å². The number of hydrogen-bond donors (Lipinski definition) is 2. The molecule has 2 aromatic heterocycles. The summed E-state index contributed by atoms with van der Waals surface area (Å²) in [5, 5.41) is 16.6. The number of benzene rings is 1. The van der Waals surface area contributed by atoms with E-state index in [0.717, 1.165) is 10.9 Å². The van der Waals surface area contributed by atoms with Crippen molar-refractivity contribution in [2.45, 2.75) is 19.9 Å². The Hall–Kier alpha value is -2.70. The molecule has 3 aromatic rings. The van der Waals surface area contributed by atoms with Gasteiger partial charge in [-0.25, -0.2) is 0 Å². The fraction of sp³-hybridized carbons (Fsp3) is 0.231. The molecule has 0 spiro atoms.